The van der Waals surface area contributed by atoms with E-state index in [0.717, 1.165) is 39.4 Å². The minimum absolute atomic E-state index is 0.234. The van der Waals surface area contributed by atoms with Crippen molar-refractivity contribution in [1.29, 1.82) is 0 Å². The summed E-state index contributed by atoms with van der Waals surface area (Å²) >= 11 is 0. The first-order valence-electron chi connectivity index (χ1n) is 5.18. The molecule has 0 bridgehead atoms. The Bertz CT molecular complexity index is 178. The summed E-state index contributed by atoms with van der Waals surface area (Å²) in [6.45, 7) is 5.79. The van der Waals surface area contributed by atoms with Gasteiger partial charge in [-0.1, -0.05) is 0 Å². The Balaban J connectivity index is 2.19. The lowest BCUT2D eigenvalue weighted by Gasteiger charge is -2.37. The highest BCUT2D eigenvalue weighted by Gasteiger charge is 2.58. The van der Waals surface area contributed by atoms with Gasteiger partial charge in [-0.05, 0) is 0 Å². The van der Waals surface area contributed by atoms with E-state index in [0.29, 0.717) is 0 Å². The van der Waals surface area contributed by atoms with Gasteiger partial charge in [0, 0.05) is 51.2 Å². The smallest absolute Gasteiger partial charge is 0.0550 e. The molecule has 2 aliphatic heterocycles. The molecule has 0 atom stereocenters. The van der Waals surface area contributed by atoms with Gasteiger partial charge in [0.1, 0.15) is 0 Å². The molecule has 2 aliphatic rings. The minimum Gasteiger partial charge on any atom is -0.384 e. The first kappa shape index (κ1) is 10.4. The third-order valence-electron chi connectivity index (χ3n) is 3.82. The van der Waals surface area contributed by atoms with Crippen LogP contribution in [0.2, 0.25) is 0 Å². The summed E-state index contributed by atoms with van der Waals surface area (Å²) in [5.74, 6) is 0. The van der Waals surface area contributed by atoms with Crippen LogP contribution in [0.3, 0.4) is 0 Å². The van der Waals surface area contributed by atoms with Crippen LogP contribution >= 0.6 is 0 Å². The van der Waals surface area contributed by atoms with Crippen LogP contribution in [0, 0.1) is 10.8 Å². The quantitative estimate of drug-likeness (QED) is 0.639. The zero-order chi connectivity index (χ0) is 10.1. The molecule has 4 nitrogen and oxygen atoms in total. The molecule has 4 heteroatoms. The molecule has 2 saturated heterocycles. The van der Waals surface area contributed by atoms with Gasteiger partial charge in [0.05, 0.1) is 13.2 Å². The van der Waals surface area contributed by atoms with Crippen LogP contribution in [0.25, 0.3) is 0 Å². The molecule has 0 aromatic rings. The summed E-state index contributed by atoms with van der Waals surface area (Å²) in [7, 11) is 3.56. The second kappa shape index (κ2) is 3.77. The van der Waals surface area contributed by atoms with E-state index in [1.54, 1.807) is 14.2 Å². The van der Waals surface area contributed by atoms with Crippen molar-refractivity contribution in [3.63, 3.8) is 0 Å². The second-order valence-corrected chi connectivity index (χ2v) is 4.63. The largest absolute Gasteiger partial charge is 0.384 e. The normalized spacial score (nSPS) is 41.6. The van der Waals surface area contributed by atoms with Gasteiger partial charge in [-0.3, -0.25) is 0 Å². The highest BCUT2D eigenvalue weighted by Crippen LogP contribution is 2.46. The number of hydrogen-bond acceptors (Lipinski definition) is 4. The van der Waals surface area contributed by atoms with Crippen molar-refractivity contribution in [2.75, 3.05) is 53.6 Å². The maximum absolute atomic E-state index is 5.37. The maximum Gasteiger partial charge on any atom is 0.0550 e. The lowest BCUT2D eigenvalue weighted by molar-refractivity contribution is -0.00741. The van der Waals surface area contributed by atoms with Gasteiger partial charge >= 0.3 is 0 Å². The van der Waals surface area contributed by atoms with Crippen LogP contribution in [-0.4, -0.2) is 53.6 Å². The lowest BCUT2D eigenvalue weighted by Crippen LogP contribution is -2.46. The summed E-state index contributed by atoms with van der Waals surface area (Å²) < 4.78 is 10.7. The van der Waals surface area contributed by atoms with Gasteiger partial charge in [-0.2, -0.15) is 0 Å². The van der Waals surface area contributed by atoms with Crippen molar-refractivity contribution >= 4 is 0 Å². The van der Waals surface area contributed by atoms with Crippen molar-refractivity contribution in [1.82, 2.24) is 10.6 Å². The average molecular weight is 200 g/mol. The Morgan fingerprint density at radius 1 is 0.857 bits per heavy atom. The standard InChI is InChI=1S/C10H20N2O2/c1-13-7-9-3-11-5-10(9,8-14-2)6-12-4-9/h11-12H,3-8H2,1-2H3/t9-,10+. The van der Waals surface area contributed by atoms with Crippen LogP contribution in [0.5, 0.6) is 0 Å². The third kappa shape index (κ3) is 1.29. The molecule has 2 N–H and O–H groups in total. The molecule has 0 radical (unpaired) electrons. The number of ether oxygens (including phenoxy) is 2. The molecule has 82 valence electrons. The molecule has 0 spiro atoms. The molecule has 2 fully saturated rings. The summed E-state index contributed by atoms with van der Waals surface area (Å²) in [5.41, 5.74) is 0.468. The topological polar surface area (TPSA) is 42.5 Å². The Morgan fingerprint density at radius 2 is 1.21 bits per heavy atom. The number of hydrogen-bond donors (Lipinski definition) is 2. The molecule has 0 saturated carbocycles. The average Bonchev–Trinajstić information content (AvgIpc) is 2.60. The molecule has 14 heavy (non-hydrogen) atoms. The van der Waals surface area contributed by atoms with Crippen LogP contribution in [0.4, 0.5) is 0 Å². The van der Waals surface area contributed by atoms with Crippen molar-refractivity contribution in [2.45, 2.75) is 0 Å². The van der Waals surface area contributed by atoms with E-state index in [1.807, 2.05) is 0 Å². The molecule has 0 unspecified atom stereocenters. The van der Waals surface area contributed by atoms with E-state index in [9.17, 15) is 0 Å². The van der Waals surface area contributed by atoms with Crippen LogP contribution in [0.1, 0.15) is 0 Å². The predicted molar refractivity (Wildman–Crippen MR) is 54.4 cm³/mol. The fourth-order valence-corrected chi connectivity index (χ4v) is 3.02. The monoisotopic (exact) mass is 200 g/mol. The summed E-state index contributed by atoms with van der Waals surface area (Å²) in [4.78, 5) is 0. The Kier molecular flexibility index (Phi) is 2.79. The van der Waals surface area contributed by atoms with E-state index >= 15 is 0 Å². The Hall–Kier alpha value is -0.160. The third-order valence-corrected chi connectivity index (χ3v) is 3.82. The van der Waals surface area contributed by atoms with Crippen LogP contribution in [-0.2, 0) is 9.47 Å². The van der Waals surface area contributed by atoms with Gasteiger partial charge in [-0.15, -0.1) is 0 Å². The molecule has 2 heterocycles. The number of methoxy groups -OCH3 is 2. The summed E-state index contributed by atoms with van der Waals surface area (Å²) in [6.07, 6.45) is 0. The zero-order valence-electron chi connectivity index (χ0n) is 9.06. The van der Waals surface area contributed by atoms with Crippen LogP contribution < -0.4 is 10.6 Å². The molecular formula is C10H20N2O2. The number of nitrogens with one attached hydrogen (secondary N) is 2. The fourth-order valence-electron chi connectivity index (χ4n) is 3.02. The van der Waals surface area contributed by atoms with Crippen molar-refractivity contribution in [2.24, 2.45) is 10.8 Å². The SMILES string of the molecule is COC[C@]12CNC[C@@]1(COC)CNC2. The predicted octanol–water partition coefficient (Wildman–Crippen LogP) is -0.542. The Labute approximate surface area is 85.3 Å². The maximum atomic E-state index is 5.37. The lowest BCUT2D eigenvalue weighted by atomic mass is 9.69. The number of fused-ring (bicyclic) bond motifs is 1. The van der Waals surface area contributed by atoms with E-state index in [1.165, 1.54) is 0 Å². The van der Waals surface area contributed by atoms with E-state index in [4.69, 9.17) is 9.47 Å². The molecule has 2 rings (SSSR count). The van der Waals surface area contributed by atoms with Gasteiger partial charge in [0.25, 0.3) is 0 Å². The van der Waals surface area contributed by atoms with Crippen LogP contribution in [0.15, 0.2) is 0 Å². The van der Waals surface area contributed by atoms with Gasteiger partial charge in [0.2, 0.25) is 0 Å². The second-order valence-electron chi connectivity index (χ2n) is 4.63. The summed E-state index contributed by atoms with van der Waals surface area (Å²) in [5, 5.41) is 6.95. The fraction of sp³-hybridized carbons (Fsp3) is 1.00. The van der Waals surface area contributed by atoms with E-state index < -0.39 is 0 Å². The molecule has 0 aromatic heterocycles. The van der Waals surface area contributed by atoms with E-state index in [-0.39, 0.29) is 10.8 Å². The van der Waals surface area contributed by atoms with Gasteiger partial charge < -0.3 is 20.1 Å². The van der Waals surface area contributed by atoms with Crippen molar-refractivity contribution < 1.29 is 9.47 Å². The zero-order valence-corrected chi connectivity index (χ0v) is 9.06. The first-order valence-corrected chi connectivity index (χ1v) is 5.18. The first-order chi connectivity index (χ1) is 6.79. The highest BCUT2D eigenvalue weighted by molar-refractivity contribution is 5.12. The Morgan fingerprint density at radius 3 is 1.50 bits per heavy atom. The molecular weight excluding hydrogens is 180 g/mol. The number of rotatable bonds is 4. The van der Waals surface area contributed by atoms with Crippen molar-refractivity contribution in [3.8, 4) is 0 Å². The molecule has 0 aromatic carbocycles. The van der Waals surface area contributed by atoms with Crippen molar-refractivity contribution in [3.05, 3.63) is 0 Å². The van der Waals surface area contributed by atoms with Gasteiger partial charge in [-0.25, -0.2) is 0 Å². The van der Waals surface area contributed by atoms with E-state index in [2.05, 4.69) is 10.6 Å². The molecule has 0 amide bonds. The molecule has 0 aliphatic carbocycles. The summed E-state index contributed by atoms with van der Waals surface area (Å²) in [6, 6.07) is 0. The highest BCUT2D eigenvalue weighted by atomic mass is 16.5. The van der Waals surface area contributed by atoms with Gasteiger partial charge in [0.15, 0.2) is 0 Å². The minimum atomic E-state index is 0.234.